The number of benzene rings is 1. The fraction of sp³-hybridized carbons (Fsp3) is 0.263. The molecule has 0 spiro atoms. The van der Waals surface area contributed by atoms with Gasteiger partial charge in [-0.25, -0.2) is 4.39 Å². The van der Waals surface area contributed by atoms with Gasteiger partial charge in [-0.2, -0.15) is 0 Å². The first-order valence-electron chi connectivity index (χ1n) is 8.51. The van der Waals surface area contributed by atoms with Crippen LogP contribution in [0.3, 0.4) is 0 Å². The second-order valence-electron chi connectivity index (χ2n) is 6.23. The van der Waals surface area contributed by atoms with Crippen molar-refractivity contribution < 1.29 is 18.8 Å². The maximum atomic E-state index is 13.2. The minimum Gasteiger partial charge on any atom is -0.339 e. The van der Waals surface area contributed by atoms with E-state index in [4.69, 9.17) is 0 Å². The fourth-order valence-electron chi connectivity index (χ4n) is 2.86. The lowest BCUT2D eigenvalue weighted by atomic mass is 10.1. The Hall–Kier alpha value is -3.29. The maximum Gasteiger partial charge on any atom is 0.257 e. The molecule has 1 aliphatic heterocycles. The van der Waals surface area contributed by atoms with E-state index in [0.29, 0.717) is 31.9 Å². The van der Waals surface area contributed by atoms with Crippen LogP contribution < -0.4 is 5.32 Å². The molecule has 0 unspecified atom stereocenters. The van der Waals surface area contributed by atoms with Crippen molar-refractivity contribution in [1.29, 1.82) is 0 Å². The molecule has 1 aromatic heterocycles. The molecule has 1 fully saturated rings. The zero-order chi connectivity index (χ0) is 19.4. The summed E-state index contributed by atoms with van der Waals surface area (Å²) < 4.78 is 13.2. The number of hydrogen-bond acceptors (Lipinski definition) is 4. The summed E-state index contributed by atoms with van der Waals surface area (Å²) in [5.74, 6) is -1.20. The molecule has 0 aliphatic carbocycles. The predicted octanol–water partition coefficient (Wildman–Crippen LogP) is 1.78. The number of hydrogen-bond donors (Lipinski definition) is 1. The van der Waals surface area contributed by atoms with Gasteiger partial charge < -0.3 is 15.1 Å². The van der Waals surface area contributed by atoms with E-state index in [9.17, 15) is 18.8 Å². The zero-order valence-corrected chi connectivity index (χ0v) is 14.8. The second-order valence-corrected chi connectivity index (χ2v) is 6.23. The largest absolute Gasteiger partial charge is 0.339 e. The third kappa shape index (κ3) is 4.46. The van der Waals surface area contributed by atoms with Gasteiger partial charge in [0.25, 0.3) is 11.8 Å². The van der Waals surface area contributed by atoms with Crippen LogP contribution in [0, 0.1) is 5.82 Å². The van der Waals surface area contributed by atoms with E-state index in [1.165, 1.54) is 43.6 Å². The first-order valence-corrected chi connectivity index (χ1v) is 8.51. The number of piperazine rings is 1. The van der Waals surface area contributed by atoms with Crippen molar-refractivity contribution in [2.45, 2.75) is 6.92 Å². The van der Waals surface area contributed by atoms with Crippen LogP contribution in [0.2, 0.25) is 0 Å². The number of nitrogens with zero attached hydrogens (tertiary/aromatic N) is 3. The van der Waals surface area contributed by atoms with Crippen LogP contribution in [0.4, 0.5) is 10.1 Å². The molecule has 1 saturated heterocycles. The first-order chi connectivity index (χ1) is 12.9. The van der Waals surface area contributed by atoms with Gasteiger partial charge in [0.15, 0.2) is 0 Å². The van der Waals surface area contributed by atoms with Gasteiger partial charge >= 0.3 is 0 Å². The number of rotatable bonds is 3. The average Bonchev–Trinajstić information content (AvgIpc) is 2.67. The molecular weight excluding hydrogens is 351 g/mol. The van der Waals surface area contributed by atoms with Gasteiger partial charge in [0.2, 0.25) is 5.91 Å². The van der Waals surface area contributed by atoms with Crippen LogP contribution in [0.15, 0.2) is 42.7 Å². The van der Waals surface area contributed by atoms with Gasteiger partial charge in [0.05, 0.1) is 11.1 Å². The quantitative estimate of drug-likeness (QED) is 0.893. The number of aromatic nitrogens is 1. The molecule has 3 rings (SSSR count). The van der Waals surface area contributed by atoms with Crippen LogP contribution in [-0.4, -0.2) is 58.7 Å². The molecule has 0 radical (unpaired) electrons. The smallest absolute Gasteiger partial charge is 0.257 e. The molecule has 1 aromatic carbocycles. The summed E-state index contributed by atoms with van der Waals surface area (Å²) in [7, 11) is 0. The number of halogens is 1. The summed E-state index contributed by atoms with van der Waals surface area (Å²) >= 11 is 0. The van der Waals surface area contributed by atoms with E-state index in [1.54, 1.807) is 15.9 Å². The highest BCUT2D eigenvalue weighted by atomic mass is 19.1. The Morgan fingerprint density at radius 1 is 1.00 bits per heavy atom. The van der Waals surface area contributed by atoms with Crippen molar-refractivity contribution in [1.82, 2.24) is 14.8 Å². The summed E-state index contributed by atoms with van der Waals surface area (Å²) in [5.41, 5.74) is 0.808. The van der Waals surface area contributed by atoms with Gasteiger partial charge in [-0.1, -0.05) is 6.07 Å². The Bertz CT molecular complexity index is 879. The number of pyridine rings is 1. The Morgan fingerprint density at radius 3 is 2.33 bits per heavy atom. The molecule has 8 heteroatoms. The van der Waals surface area contributed by atoms with Crippen LogP contribution in [0.25, 0.3) is 0 Å². The number of anilines is 1. The summed E-state index contributed by atoms with van der Waals surface area (Å²) in [6, 6.07) is 7.00. The van der Waals surface area contributed by atoms with E-state index >= 15 is 0 Å². The molecule has 1 N–H and O–H groups in total. The van der Waals surface area contributed by atoms with Crippen molar-refractivity contribution in [2.24, 2.45) is 0 Å². The SMILES string of the molecule is CC(=O)N1CCN(C(=O)c2cncc(C(=O)Nc3cccc(F)c3)c2)CC1. The number of carbonyl (C=O) groups excluding carboxylic acids is 3. The van der Waals surface area contributed by atoms with Crippen LogP contribution in [0.1, 0.15) is 27.6 Å². The third-order valence-corrected chi connectivity index (χ3v) is 4.34. The van der Waals surface area contributed by atoms with Gasteiger partial charge in [0, 0.05) is 51.2 Å². The second kappa shape index (κ2) is 7.94. The zero-order valence-electron chi connectivity index (χ0n) is 14.8. The summed E-state index contributed by atoms with van der Waals surface area (Å²) in [6.07, 6.45) is 2.75. The van der Waals surface area contributed by atoms with Crippen molar-refractivity contribution in [2.75, 3.05) is 31.5 Å². The third-order valence-electron chi connectivity index (χ3n) is 4.34. The summed E-state index contributed by atoms with van der Waals surface area (Å²) in [6.45, 7) is 3.32. The van der Waals surface area contributed by atoms with Gasteiger partial charge in [-0.3, -0.25) is 19.4 Å². The van der Waals surface area contributed by atoms with Gasteiger partial charge in [0.1, 0.15) is 5.82 Å². The minimum absolute atomic E-state index is 0.0141. The highest BCUT2D eigenvalue weighted by molar-refractivity contribution is 6.05. The average molecular weight is 370 g/mol. The van der Waals surface area contributed by atoms with E-state index < -0.39 is 11.7 Å². The van der Waals surface area contributed by atoms with Crippen LogP contribution >= 0.6 is 0 Å². The molecule has 7 nitrogen and oxygen atoms in total. The summed E-state index contributed by atoms with van der Waals surface area (Å²) in [4.78, 5) is 43.7. The minimum atomic E-state index is -0.482. The monoisotopic (exact) mass is 370 g/mol. The van der Waals surface area contributed by atoms with Crippen LogP contribution in [0.5, 0.6) is 0 Å². The molecule has 27 heavy (non-hydrogen) atoms. The Kier molecular flexibility index (Phi) is 5.44. The predicted molar refractivity (Wildman–Crippen MR) is 96.7 cm³/mol. The van der Waals surface area contributed by atoms with Crippen molar-refractivity contribution >= 4 is 23.4 Å². The molecule has 1 aliphatic rings. The number of carbonyl (C=O) groups is 3. The number of amides is 3. The highest BCUT2D eigenvalue weighted by Crippen LogP contribution is 2.13. The molecule has 2 aromatic rings. The van der Waals surface area contributed by atoms with E-state index in [-0.39, 0.29) is 22.9 Å². The molecular formula is C19H19FN4O3. The van der Waals surface area contributed by atoms with E-state index in [1.807, 2.05) is 0 Å². The lowest BCUT2D eigenvalue weighted by molar-refractivity contribution is -0.130. The summed E-state index contributed by atoms with van der Waals surface area (Å²) in [5, 5.41) is 2.57. The first kappa shape index (κ1) is 18.5. The Morgan fingerprint density at radius 2 is 1.67 bits per heavy atom. The molecule has 0 bridgehead atoms. The van der Waals surface area contributed by atoms with Gasteiger partial charge in [-0.05, 0) is 24.3 Å². The van der Waals surface area contributed by atoms with Gasteiger partial charge in [-0.15, -0.1) is 0 Å². The maximum absolute atomic E-state index is 13.2. The molecule has 2 heterocycles. The number of nitrogens with one attached hydrogen (secondary N) is 1. The van der Waals surface area contributed by atoms with Crippen molar-refractivity contribution in [3.05, 3.63) is 59.7 Å². The topological polar surface area (TPSA) is 82.6 Å². The standard InChI is InChI=1S/C19H19FN4O3/c1-13(25)23-5-7-24(8-6-23)19(27)15-9-14(11-21-12-15)18(26)22-17-4-2-3-16(20)10-17/h2-4,9-12H,5-8H2,1H3,(H,22,26). The molecule has 140 valence electrons. The Labute approximate surface area is 155 Å². The Balaban J connectivity index is 1.69. The van der Waals surface area contributed by atoms with E-state index in [0.717, 1.165) is 0 Å². The fourth-order valence-corrected chi connectivity index (χ4v) is 2.86. The van der Waals surface area contributed by atoms with Crippen molar-refractivity contribution in [3.8, 4) is 0 Å². The van der Waals surface area contributed by atoms with Crippen molar-refractivity contribution in [3.63, 3.8) is 0 Å². The lowest BCUT2D eigenvalue weighted by Gasteiger charge is -2.34. The van der Waals surface area contributed by atoms with Crippen LogP contribution in [-0.2, 0) is 4.79 Å². The molecule has 0 atom stereocenters. The van der Waals surface area contributed by atoms with E-state index in [2.05, 4.69) is 10.3 Å². The highest BCUT2D eigenvalue weighted by Gasteiger charge is 2.24. The normalized spacial score (nSPS) is 14.0. The molecule has 3 amide bonds. The molecule has 0 saturated carbocycles. The lowest BCUT2D eigenvalue weighted by Crippen LogP contribution is -2.50.